The Morgan fingerprint density at radius 2 is 2.29 bits per heavy atom. The van der Waals surface area contributed by atoms with E-state index in [4.69, 9.17) is 0 Å². The van der Waals surface area contributed by atoms with Crippen LogP contribution in [0.5, 0.6) is 0 Å². The molecule has 1 aromatic carbocycles. The summed E-state index contributed by atoms with van der Waals surface area (Å²) in [4.78, 5) is 24.2. The van der Waals surface area contributed by atoms with Gasteiger partial charge >= 0.3 is 0 Å². The molecule has 0 unspecified atom stereocenters. The first kappa shape index (κ1) is 16.4. The molecular weight excluding hydrogens is 328 g/mol. The number of carbonyl (C=O) groups excluding carboxylic acids is 2. The molecule has 3 rings (SSSR count). The highest BCUT2D eigenvalue weighted by Crippen LogP contribution is 2.29. The van der Waals surface area contributed by atoms with E-state index in [-0.39, 0.29) is 11.8 Å². The van der Waals surface area contributed by atoms with Gasteiger partial charge in [-0.3, -0.25) is 9.59 Å². The number of nitrogens with one attached hydrogen (secondary N) is 3. The van der Waals surface area contributed by atoms with E-state index in [1.807, 2.05) is 38.1 Å². The van der Waals surface area contributed by atoms with Gasteiger partial charge in [0.2, 0.25) is 17.6 Å². The first-order valence-electron chi connectivity index (χ1n) is 7.51. The Morgan fingerprint density at radius 1 is 1.46 bits per heavy atom. The first-order valence-corrected chi connectivity index (χ1v) is 8.50. The summed E-state index contributed by atoms with van der Waals surface area (Å²) >= 11 is 1.49. The van der Waals surface area contributed by atoms with Crippen molar-refractivity contribution in [2.75, 3.05) is 5.75 Å². The number of carbonyl (C=O) groups is 2. The average Bonchev–Trinajstić information content (AvgIpc) is 3.10. The van der Waals surface area contributed by atoms with Gasteiger partial charge in [-0.05, 0) is 30.7 Å². The molecule has 0 bridgehead atoms. The Labute approximate surface area is 143 Å². The predicted octanol–water partition coefficient (Wildman–Crippen LogP) is 0.493. The standard InChI is InChI=1S/C15H18N6O2S/c1-15(2)14(23)17-11(8-24-15)13(22)16-7-9-4-3-5-10(6-9)12-18-20-21-19-12/h3-6,11H,7-8H2,1-2H3,(H,16,22)(H,17,23)(H,18,19,20,21)/t11-/m0/s1. The van der Waals surface area contributed by atoms with E-state index >= 15 is 0 Å². The maximum Gasteiger partial charge on any atom is 0.243 e. The van der Waals surface area contributed by atoms with Gasteiger partial charge in [0.1, 0.15) is 6.04 Å². The van der Waals surface area contributed by atoms with Crippen molar-refractivity contribution in [3.05, 3.63) is 29.8 Å². The van der Waals surface area contributed by atoms with E-state index in [2.05, 4.69) is 31.3 Å². The third kappa shape index (κ3) is 3.56. The zero-order valence-corrected chi connectivity index (χ0v) is 14.2. The summed E-state index contributed by atoms with van der Waals surface area (Å²) in [5, 5.41) is 19.4. The van der Waals surface area contributed by atoms with Crippen molar-refractivity contribution in [3.8, 4) is 11.4 Å². The van der Waals surface area contributed by atoms with Crippen molar-refractivity contribution in [1.82, 2.24) is 31.3 Å². The number of H-pyrrole nitrogens is 1. The maximum absolute atomic E-state index is 12.3. The lowest BCUT2D eigenvalue weighted by Crippen LogP contribution is -2.57. The smallest absolute Gasteiger partial charge is 0.243 e. The van der Waals surface area contributed by atoms with E-state index in [1.54, 1.807) is 0 Å². The lowest BCUT2D eigenvalue weighted by atomic mass is 10.1. The Morgan fingerprint density at radius 3 is 3.00 bits per heavy atom. The number of rotatable bonds is 4. The molecule has 0 aliphatic carbocycles. The van der Waals surface area contributed by atoms with Crippen LogP contribution in [0.3, 0.4) is 0 Å². The monoisotopic (exact) mass is 346 g/mol. The Balaban J connectivity index is 1.59. The van der Waals surface area contributed by atoms with E-state index in [0.717, 1.165) is 11.1 Å². The molecule has 24 heavy (non-hydrogen) atoms. The molecule has 2 amide bonds. The van der Waals surface area contributed by atoms with Crippen molar-refractivity contribution < 1.29 is 9.59 Å². The molecule has 1 saturated heterocycles. The highest BCUT2D eigenvalue weighted by atomic mass is 32.2. The minimum absolute atomic E-state index is 0.113. The molecular formula is C15H18N6O2S. The molecule has 8 nitrogen and oxygen atoms in total. The van der Waals surface area contributed by atoms with Gasteiger partial charge in [0.25, 0.3) is 0 Å². The van der Waals surface area contributed by atoms with Crippen LogP contribution < -0.4 is 10.6 Å². The normalized spacial score (nSPS) is 19.6. The lowest BCUT2D eigenvalue weighted by molar-refractivity contribution is -0.129. The zero-order valence-electron chi connectivity index (χ0n) is 13.4. The van der Waals surface area contributed by atoms with Gasteiger partial charge in [0.15, 0.2) is 0 Å². The van der Waals surface area contributed by atoms with Gasteiger partial charge < -0.3 is 10.6 Å². The molecule has 0 saturated carbocycles. The van der Waals surface area contributed by atoms with Crippen LogP contribution in [0.25, 0.3) is 11.4 Å². The number of hydrogen-bond donors (Lipinski definition) is 3. The van der Waals surface area contributed by atoms with Crippen molar-refractivity contribution in [1.29, 1.82) is 0 Å². The largest absolute Gasteiger partial charge is 0.350 e. The van der Waals surface area contributed by atoms with E-state index in [0.29, 0.717) is 18.1 Å². The average molecular weight is 346 g/mol. The summed E-state index contributed by atoms with van der Waals surface area (Å²) in [5.74, 6) is 0.767. The molecule has 0 spiro atoms. The Hall–Kier alpha value is -2.42. The topological polar surface area (TPSA) is 113 Å². The maximum atomic E-state index is 12.3. The number of hydrogen-bond acceptors (Lipinski definition) is 6. The highest BCUT2D eigenvalue weighted by molar-refractivity contribution is 8.01. The molecule has 2 heterocycles. The Kier molecular flexibility index (Phi) is 4.52. The molecule has 0 radical (unpaired) electrons. The van der Waals surface area contributed by atoms with E-state index < -0.39 is 10.8 Å². The van der Waals surface area contributed by atoms with Crippen LogP contribution >= 0.6 is 11.8 Å². The molecule has 3 N–H and O–H groups in total. The fraction of sp³-hybridized carbons (Fsp3) is 0.400. The number of tetrazole rings is 1. The Bertz CT molecular complexity index is 746. The van der Waals surface area contributed by atoms with Crippen LogP contribution in [0.4, 0.5) is 0 Å². The number of aromatic amines is 1. The van der Waals surface area contributed by atoms with Gasteiger partial charge in [-0.15, -0.1) is 22.0 Å². The summed E-state index contributed by atoms with van der Waals surface area (Å²) in [6.07, 6.45) is 0. The van der Waals surface area contributed by atoms with Crippen LogP contribution in [0.15, 0.2) is 24.3 Å². The van der Waals surface area contributed by atoms with Crippen LogP contribution in [-0.4, -0.2) is 49.0 Å². The molecule has 1 atom stereocenters. The minimum atomic E-state index is -0.504. The quantitative estimate of drug-likeness (QED) is 0.743. The molecule has 1 fully saturated rings. The molecule has 1 aliphatic rings. The summed E-state index contributed by atoms with van der Waals surface area (Å²) in [5.41, 5.74) is 1.74. The van der Waals surface area contributed by atoms with E-state index in [9.17, 15) is 9.59 Å². The second-order valence-corrected chi connectivity index (χ2v) is 7.64. The number of amides is 2. The first-order chi connectivity index (χ1) is 11.5. The highest BCUT2D eigenvalue weighted by Gasteiger charge is 2.37. The van der Waals surface area contributed by atoms with Gasteiger partial charge in [-0.2, -0.15) is 5.21 Å². The van der Waals surface area contributed by atoms with Crippen LogP contribution in [-0.2, 0) is 16.1 Å². The second-order valence-electron chi connectivity index (χ2n) is 6.00. The van der Waals surface area contributed by atoms with Gasteiger partial charge in [-0.1, -0.05) is 18.2 Å². The minimum Gasteiger partial charge on any atom is -0.350 e. The van der Waals surface area contributed by atoms with Crippen molar-refractivity contribution in [2.45, 2.75) is 31.2 Å². The second kappa shape index (κ2) is 6.60. The summed E-state index contributed by atoms with van der Waals surface area (Å²) in [6.45, 7) is 4.07. The zero-order chi connectivity index (χ0) is 17.2. The van der Waals surface area contributed by atoms with Crippen LogP contribution in [0.1, 0.15) is 19.4 Å². The number of aromatic nitrogens is 4. The van der Waals surface area contributed by atoms with Gasteiger partial charge in [0.05, 0.1) is 4.75 Å². The molecule has 1 aliphatic heterocycles. The number of nitrogens with zero attached hydrogens (tertiary/aromatic N) is 3. The summed E-state index contributed by atoms with van der Waals surface area (Å²) in [6, 6.07) is 7.03. The number of benzene rings is 1. The van der Waals surface area contributed by atoms with Gasteiger partial charge in [0, 0.05) is 17.9 Å². The SMILES string of the molecule is CC1(C)SC[C@@H](C(=O)NCc2cccc(-c3nn[nH]n3)c2)NC1=O. The summed E-state index contributed by atoms with van der Waals surface area (Å²) < 4.78 is -0.490. The van der Waals surface area contributed by atoms with Gasteiger partial charge in [-0.25, -0.2) is 0 Å². The van der Waals surface area contributed by atoms with E-state index in [1.165, 1.54) is 11.8 Å². The van der Waals surface area contributed by atoms with Crippen molar-refractivity contribution in [3.63, 3.8) is 0 Å². The lowest BCUT2D eigenvalue weighted by Gasteiger charge is -2.32. The fourth-order valence-electron chi connectivity index (χ4n) is 2.29. The molecule has 1 aromatic heterocycles. The fourth-order valence-corrected chi connectivity index (χ4v) is 3.30. The molecule has 2 aromatic rings. The van der Waals surface area contributed by atoms with Crippen LogP contribution in [0.2, 0.25) is 0 Å². The van der Waals surface area contributed by atoms with Crippen LogP contribution in [0, 0.1) is 0 Å². The number of thioether (sulfide) groups is 1. The summed E-state index contributed by atoms with van der Waals surface area (Å²) in [7, 11) is 0. The van der Waals surface area contributed by atoms with Crippen molar-refractivity contribution >= 4 is 23.6 Å². The predicted molar refractivity (Wildman–Crippen MR) is 89.9 cm³/mol. The third-order valence-corrected chi connectivity index (χ3v) is 5.18. The molecule has 126 valence electrons. The molecule has 9 heteroatoms. The van der Waals surface area contributed by atoms with Crippen molar-refractivity contribution in [2.24, 2.45) is 0 Å². The third-order valence-electron chi connectivity index (χ3n) is 3.78.